The van der Waals surface area contributed by atoms with Crippen LogP contribution in [0.15, 0.2) is 24.7 Å². The summed E-state index contributed by atoms with van der Waals surface area (Å²) in [5.41, 5.74) is 1.76. The minimum Gasteiger partial charge on any atom is -0.388 e. The van der Waals surface area contributed by atoms with E-state index >= 15 is 0 Å². The van der Waals surface area contributed by atoms with E-state index in [0.29, 0.717) is 12.5 Å². The Kier molecular flexibility index (Phi) is 4.37. The minimum absolute atomic E-state index is 0.397. The Labute approximate surface area is 113 Å². The fourth-order valence-corrected chi connectivity index (χ4v) is 1.96. The maximum absolute atomic E-state index is 10.2. The van der Waals surface area contributed by atoms with Crippen LogP contribution in [-0.2, 0) is 13.0 Å². The largest absolute Gasteiger partial charge is 0.388 e. The molecule has 0 spiro atoms. The van der Waals surface area contributed by atoms with E-state index in [0.717, 1.165) is 24.2 Å². The maximum Gasteiger partial charge on any atom is 0.0876 e. The zero-order valence-corrected chi connectivity index (χ0v) is 11.8. The number of aliphatic hydroxyl groups excluding tert-OH is 1. The van der Waals surface area contributed by atoms with Crippen LogP contribution in [0.3, 0.4) is 0 Å². The summed E-state index contributed by atoms with van der Waals surface area (Å²) >= 11 is 0. The fourth-order valence-electron chi connectivity index (χ4n) is 1.96. The minimum atomic E-state index is -0.541. The molecule has 2 aromatic rings. The van der Waals surface area contributed by atoms with Crippen molar-refractivity contribution in [1.29, 1.82) is 0 Å². The van der Waals surface area contributed by atoms with Crippen LogP contribution in [0.1, 0.15) is 50.6 Å². The molecule has 0 amide bonds. The molecular weight excluding hydrogens is 240 g/mol. The lowest BCUT2D eigenvalue weighted by Crippen LogP contribution is -2.06. The number of hydrogen-bond acceptors (Lipinski definition) is 3. The molecule has 1 N–H and O–H groups in total. The van der Waals surface area contributed by atoms with Crippen LogP contribution >= 0.6 is 0 Å². The second kappa shape index (κ2) is 6.02. The number of aryl methyl sites for hydroxylation is 1. The second-order valence-corrected chi connectivity index (χ2v) is 4.89. The highest BCUT2D eigenvalue weighted by Gasteiger charge is 2.13. The first-order valence-electron chi connectivity index (χ1n) is 6.88. The molecule has 2 unspecified atom stereocenters. The van der Waals surface area contributed by atoms with Crippen molar-refractivity contribution in [2.45, 2.75) is 52.3 Å². The molecule has 2 atom stereocenters. The van der Waals surface area contributed by atoms with Crippen LogP contribution < -0.4 is 0 Å². The van der Waals surface area contributed by atoms with Gasteiger partial charge in [-0.1, -0.05) is 6.92 Å². The van der Waals surface area contributed by atoms with Crippen LogP contribution in [-0.4, -0.2) is 24.7 Å². The van der Waals surface area contributed by atoms with Crippen LogP contribution in [0, 0.1) is 0 Å². The van der Waals surface area contributed by atoms with E-state index in [9.17, 15) is 5.11 Å². The quantitative estimate of drug-likeness (QED) is 0.869. The van der Waals surface area contributed by atoms with E-state index in [1.807, 2.05) is 34.7 Å². The number of hydrogen-bond donors (Lipinski definition) is 1. The number of rotatable bonds is 6. The van der Waals surface area contributed by atoms with Gasteiger partial charge >= 0.3 is 0 Å². The highest BCUT2D eigenvalue weighted by molar-refractivity contribution is 5.12. The Morgan fingerprint density at radius 3 is 2.79 bits per heavy atom. The smallest absolute Gasteiger partial charge is 0.0876 e. The highest BCUT2D eigenvalue weighted by Crippen LogP contribution is 2.18. The predicted octanol–water partition coefficient (Wildman–Crippen LogP) is 2.35. The van der Waals surface area contributed by atoms with Crippen molar-refractivity contribution < 1.29 is 5.11 Å². The monoisotopic (exact) mass is 262 g/mol. The third-order valence-electron chi connectivity index (χ3n) is 3.47. The molecular formula is C14H22N4O. The van der Waals surface area contributed by atoms with Crippen LogP contribution in [0.2, 0.25) is 0 Å². The summed E-state index contributed by atoms with van der Waals surface area (Å²) in [7, 11) is 0. The van der Waals surface area contributed by atoms with Crippen molar-refractivity contribution in [2.75, 3.05) is 0 Å². The average molecular weight is 262 g/mol. The Bertz CT molecular complexity index is 517. The normalized spacial score (nSPS) is 14.5. The molecule has 0 aliphatic heterocycles. The van der Waals surface area contributed by atoms with E-state index in [-0.39, 0.29) is 0 Å². The summed E-state index contributed by atoms with van der Waals surface area (Å²) in [5, 5.41) is 18.9. The summed E-state index contributed by atoms with van der Waals surface area (Å²) < 4.78 is 3.77. The van der Waals surface area contributed by atoms with Crippen LogP contribution in [0.4, 0.5) is 0 Å². The van der Waals surface area contributed by atoms with Gasteiger partial charge in [0.2, 0.25) is 0 Å². The third-order valence-corrected chi connectivity index (χ3v) is 3.47. The SMILES string of the molecule is CCC(C)n1ccc(CC(O)c2cnn(CC)c2)n1. The molecule has 0 radical (unpaired) electrons. The van der Waals surface area contributed by atoms with Gasteiger partial charge in [-0.05, 0) is 26.3 Å². The maximum atomic E-state index is 10.2. The average Bonchev–Trinajstić information content (AvgIpc) is 3.06. The molecule has 19 heavy (non-hydrogen) atoms. The van der Waals surface area contributed by atoms with E-state index in [4.69, 9.17) is 0 Å². The Morgan fingerprint density at radius 2 is 2.16 bits per heavy atom. The lowest BCUT2D eigenvalue weighted by Gasteiger charge is -2.09. The van der Waals surface area contributed by atoms with E-state index in [1.165, 1.54) is 0 Å². The molecule has 0 saturated heterocycles. The molecule has 5 nitrogen and oxygen atoms in total. The Balaban J connectivity index is 2.02. The van der Waals surface area contributed by atoms with Gasteiger partial charge in [-0.25, -0.2) is 0 Å². The molecule has 2 heterocycles. The van der Waals surface area contributed by atoms with Gasteiger partial charge in [0, 0.05) is 37.0 Å². The van der Waals surface area contributed by atoms with Gasteiger partial charge in [0.05, 0.1) is 18.0 Å². The third kappa shape index (κ3) is 3.23. The first-order valence-corrected chi connectivity index (χ1v) is 6.88. The van der Waals surface area contributed by atoms with Gasteiger partial charge in [-0.15, -0.1) is 0 Å². The Morgan fingerprint density at radius 1 is 1.37 bits per heavy atom. The van der Waals surface area contributed by atoms with Crippen LogP contribution in [0.5, 0.6) is 0 Å². The molecule has 0 fully saturated rings. The molecule has 0 bridgehead atoms. The predicted molar refractivity (Wildman–Crippen MR) is 73.8 cm³/mol. The zero-order valence-electron chi connectivity index (χ0n) is 11.8. The molecule has 0 saturated carbocycles. The van der Waals surface area contributed by atoms with Crippen molar-refractivity contribution in [2.24, 2.45) is 0 Å². The van der Waals surface area contributed by atoms with E-state index in [2.05, 4.69) is 24.0 Å². The van der Waals surface area contributed by atoms with Gasteiger partial charge in [0.15, 0.2) is 0 Å². The van der Waals surface area contributed by atoms with Gasteiger partial charge in [0.1, 0.15) is 0 Å². The molecule has 0 aliphatic carbocycles. The fraction of sp³-hybridized carbons (Fsp3) is 0.571. The van der Waals surface area contributed by atoms with Crippen molar-refractivity contribution >= 4 is 0 Å². The van der Waals surface area contributed by atoms with Crippen molar-refractivity contribution in [3.05, 3.63) is 35.9 Å². The molecule has 2 aromatic heterocycles. The number of aliphatic hydroxyl groups is 1. The van der Waals surface area contributed by atoms with Crippen molar-refractivity contribution in [3.63, 3.8) is 0 Å². The standard InChI is InChI=1S/C14H22N4O/c1-4-11(3)18-7-6-13(16-18)8-14(19)12-9-15-17(5-2)10-12/h6-7,9-11,14,19H,4-5,8H2,1-3H3. The second-order valence-electron chi connectivity index (χ2n) is 4.89. The molecule has 2 rings (SSSR count). The van der Waals surface area contributed by atoms with E-state index < -0.39 is 6.10 Å². The lowest BCUT2D eigenvalue weighted by atomic mass is 10.1. The highest BCUT2D eigenvalue weighted by atomic mass is 16.3. The van der Waals surface area contributed by atoms with Crippen molar-refractivity contribution in [1.82, 2.24) is 19.6 Å². The number of nitrogens with zero attached hydrogens (tertiary/aromatic N) is 4. The summed E-state index contributed by atoms with van der Waals surface area (Å²) in [4.78, 5) is 0. The van der Waals surface area contributed by atoms with Gasteiger partial charge < -0.3 is 5.11 Å². The summed E-state index contributed by atoms with van der Waals surface area (Å²) in [6, 6.07) is 2.37. The summed E-state index contributed by atoms with van der Waals surface area (Å²) in [5.74, 6) is 0. The van der Waals surface area contributed by atoms with E-state index in [1.54, 1.807) is 6.20 Å². The molecule has 104 valence electrons. The van der Waals surface area contributed by atoms with Gasteiger partial charge in [0.25, 0.3) is 0 Å². The summed E-state index contributed by atoms with van der Waals surface area (Å²) in [6.45, 7) is 7.12. The lowest BCUT2D eigenvalue weighted by molar-refractivity contribution is 0.176. The number of aromatic nitrogens is 4. The molecule has 0 aromatic carbocycles. The van der Waals surface area contributed by atoms with Crippen LogP contribution in [0.25, 0.3) is 0 Å². The first-order chi connectivity index (χ1) is 9.13. The molecule has 0 aliphatic rings. The summed E-state index contributed by atoms with van der Waals surface area (Å²) in [6.07, 6.45) is 6.62. The van der Waals surface area contributed by atoms with Gasteiger partial charge in [-0.2, -0.15) is 10.2 Å². The first kappa shape index (κ1) is 13.8. The zero-order chi connectivity index (χ0) is 13.8. The Hall–Kier alpha value is -1.62. The van der Waals surface area contributed by atoms with Gasteiger partial charge in [-0.3, -0.25) is 9.36 Å². The topological polar surface area (TPSA) is 55.9 Å². The van der Waals surface area contributed by atoms with Crippen molar-refractivity contribution in [3.8, 4) is 0 Å². The molecule has 5 heteroatoms.